The van der Waals surface area contributed by atoms with E-state index in [0.29, 0.717) is 13.0 Å². The molecule has 2 amide bonds. The molecule has 1 aliphatic heterocycles. The third kappa shape index (κ3) is 4.52. The molecule has 0 aromatic carbocycles. The number of hydrogen-bond acceptors (Lipinski definition) is 3. The predicted molar refractivity (Wildman–Crippen MR) is 68.9 cm³/mol. The lowest BCUT2D eigenvalue weighted by Gasteiger charge is -2.24. The Balaban J connectivity index is 0.00000256. The van der Waals surface area contributed by atoms with Gasteiger partial charge in [-0.2, -0.15) is 0 Å². The van der Waals surface area contributed by atoms with Gasteiger partial charge in [0.2, 0.25) is 11.8 Å². The van der Waals surface area contributed by atoms with Gasteiger partial charge in [0, 0.05) is 13.1 Å². The molecule has 1 heterocycles. The van der Waals surface area contributed by atoms with Gasteiger partial charge in [0.15, 0.2) is 0 Å². The maximum Gasteiger partial charge on any atom is 0.242 e. The molecule has 17 heavy (non-hydrogen) atoms. The van der Waals surface area contributed by atoms with E-state index in [4.69, 9.17) is 5.73 Å². The number of amides is 2. The molecule has 0 bridgehead atoms. The van der Waals surface area contributed by atoms with Gasteiger partial charge in [0.05, 0.1) is 5.41 Å². The number of rotatable bonds is 3. The van der Waals surface area contributed by atoms with Crippen molar-refractivity contribution in [2.24, 2.45) is 11.1 Å². The van der Waals surface area contributed by atoms with Gasteiger partial charge in [-0.05, 0) is 33.1 Å². The Morgan fingerprint density at radius 3 is 2.76 bits per heavy atom. The van der Waals surface area contributed by atoms with Crippen molar-refractivity contribution in [3.05, 3.63) is 0 Å². The second-order valence-corrected chi connectivity index (χ2v) is 4.90. The number of halogens is 1. The molecule has 1 aliphatic rings. The summed E-state index contributed by atoms with van der Waals surface area (Å²) in [6.45, 7) is 4.52. The van der Waals surface area contributed by atoms with E-state index in [-0.39, 0.29) is 30.8 Å². The summed E-state index contributed by atoms with van der Waals surface area (Å²) in [5.74, 6) is -0.240. The first kappa shape index (κ1) is 16.2. The second-order valence-electron chi connectivity index (χ2n) is 4.90. The van der Waals surface area contributed by atoms with Crippen molar-refractivity contribution in [1.82, 2.24) is 10.6 Å². The topological polar surface area (TPSA) is 84.2 Å². The number of nitrogens with two attached hydrogens (primary N) is 1. The lowest BCUT2D eigenvalue weighted by Crippen LogP contribution is -2.51. The van der Waals surface area contributed by atoms with Gasteiger partial charge in [0.25, 0.3) is 0 Å². The SMILES string of the molecule is CC(C)(CN)C(=O)NC1CCCCNC1=O.Cl. The van der Waals surface area contributed by atoms with Crippen LogP contribution in [0.4, 0.5) is 0 Å². The minimum Gasteiger partial charge on any atom is -0.354 e. The average Bonchev–Trinajstić information content (AvgIpc) is 2.44. The summed E-state index contributed by atoms with van der Waals surface area (Å²) in [6.07, 6.45) is 2.63. The van der Waals surface area contributed by atoms with Crippen molar-refractivity contribution in [1.29, 1.82) is 0 Å². The van der Waals surface area contributed by atoms with Crippen LogP contribution in [0.5, 0.6) is 0 Å². The highest BCUT2D eigenvalue weighted by Crippen LogP contribution is 2.14. The van der Waals surface area contributed by atoms with Crippen molar-refractivity contribution in [3.63, 3.8) is 0 Å². The van der Waals surface area contributed by atoms with E-state index in [1.54, 1.807) is 13.8 Å². The van der Waals surface area contributed by atoms with E-state index >= 15 is 0 Å². The fourth-order valence-corrected chi connectivity index (χ4v) is 1.52. The summed E-state index contributed by atoms with van der Waals surface area (Å²) >= 11 is 0. The van der Waals surface area contributed by atoms with Crippen LogP contribution in [-0.2, 0) is 9.59 Å². The standard InChI is InChI=1S/C11H21N3O2.ClH/c1-11(2,7-12)10(16)14-8-5-3-4-6-13-9(8)15;/h8H,3-7,12H2,1-2H3,(H,13,15)(H,14,16);1H. The zero-order chi connectivity index (χ0) is 12.2. The Bertz CT molecular complexity index is 282. The maximum atomic E-state index is 11.9. The molecule has 100 valence electrons. The molecule has 1 rings (SSSR count). The zero-order valence-corrected chi connectivity index (χ0v) is 11.2. The van der Waals surface area contributed by atoms with Crippen molar-refractivity contribution >= 4 is 24.2 Å². The molecule has 0 spiro atoms. The monoisotopic (exact) mass is 263 g/mol. The van der Waals surface area contributed by atoms with Crippen LogP contribution in [-0.4, -0.2) is 30.9 Å². The molecule has 5 nitrogen and oxygen atoms in total. The van der Waals surface area contributed by atoms with E-state index in [1.165, 1.54) is 0 Å². The van der Waals surface area contributed by atoms with Crippen LogP contribution < -0.4 is 16.4 Å². The Morgan fingerprint density at radius 1 is 1.53 bits per heavy atom. The van der Waals surface area contributed by atoms with Crippen LogP contribution in [0.3, 0.4) is 0 Å². The Labute approximate surface area is 108 Å². The van der Waals surface area contributed by atoms with Gasteiger partial charge >= 0.3 is 0 Å². The first-order valence-corrected chi connectivity index (χ1v) is 5.76. The van der Waals surface area contributed by atoms with E-state index in [0.717, 1.165) is 12.8 Å². The third-order valence-electron chi connectivity index (χ3n) is 2.97. The van der Waals surface area contributed by atoms with Gasteiger partial charge in [-0.15, -0.1) is 12.4 Å². The van der Waals surface area contributed by atoms with E-state index in [1.807, 2.05) is 0 Å². The molecule has 0 saturated carbocycles. The molecule has 1 atom stereocenters. The predicted octanol–water partition coefficient (Wildman–Crippen LogP) is 0.178. The van der Waals surface area contributed by atoms with Crippen LogP contribution in [0.1, 0.15) is 33.1 Å². The fraction of sp³-hybridized carbons (Fsp3) is 0.818. The summed E-state index contributed by atoms with van der Waals surface area (Å²) in [7, 11) is 0. The third-order valence-corrected chi connectivity index (χ3v) is 2.97. The molecule has 1 saturated heterocycles. The van der Waals surface area contributed by atoms with Crippen molar-refractivity contribution < 1.29 is 9.59 Å². The maximum absolute atomic E-state index is 11.9. The molecule has 0 radical (unpaired) electrons. The first-order valence-electron chi connectivity index (χ1n) is 5.76. The molecule has 0 aliphatic carbocycles. The lowest BCUT2D eigenvalue weighted by atomic mass is 9.92. The molecule has 1 fully saturated rings. The fourth-order valence-electron chi connectivity index (χ4n) is 1.52. The van der Waals surface area contributed by atoms with Gasteiger partial charge < -0.3 is 16.4 Å². The molecule has 1 unspecified atom stereocenters. The van der Waals surface area contributed by atoms with Gasteiger partial charge in [-0.25, -0.2) is 0 Å². The van der Waals surface area contributed by atoms with Crippen LogP contribution in [0.2, 0.25) is 0 Å². The molecule has 4 N–H and O–H groups in total. The highest BCUT2D eigenvalue weighted by atomic mass is 35.5. The minimum absolute atomic E-state index is 0. The highest BCUT2D eigenvalue weighted by molar-refractivity contribution is 5.90. The zero-order valence-electron chi connectivity index (χ0n) is 10.4. The molecule has 6 heteroatoms. The van der Waals surface area contributed by atoms with Crippen molar-refractivity contribution in [2.75, 3.05) is 13.1 Å². The van der Waals surface area contributed by atoms with E-state index < -0.39 is 11.5 Å². The number of hydrogen-bond donors (Lipinski definition) is 3. The van der Waals surface area contributed by atoms with Crippen molar-refractivity contribution in [3.8, 4) is 0 Å². The van der Waals surface area contributed by atoms with Crippen LogP contribution in [0.25, 0.3) is 0 Å². The Morgan fingerprint density at radius 2 is 2.18 bits per heavy atom. The Kier molecular flexibility index (Phi) is 6.49. The quantitative estimate of drug-likeness (QED) is 0.679. The average molecular weight is 264 g/mol. The number of nitrogens with one attached hydrogen (secondary N) is 2. The summed E-state index contributed by atoms with van der Waals surface area (Å²) < 4.78 is 0. The summed E-state index contributed by atoms with van der Waals surface area (Å²) in [5, 5.41) is 5.55. The number of carbonyl (C=O) groups is 2. The smallest absolute Gasteiger partial charge is 0.242 e. The van der Waals surface area contributed by atoms with Gasteiger partial charge in [-0.1, -0.05) is 0 Å². The lowest BCUT2D eigenvalue weighted by molar-refractivity contribution is -0.133. The van der Waals surface area contributed by atoms with Crippen molar-refractivity contribution in [2.45, 2.75) is 39.2 Å². The largest absolute Gasteiger partial charge is 0.354 e. The molecular weight excluding hydrogens is 242 g/mol. The summed E-state index contributed by atoms with van der Waals surface area (Å²) in [4.78, 5) is 23.5. The summed E-state index contributed by atoms with van der Waals surface area (Å²) in [5.41, 5.74) is 4.90. The Hall–Kier alpha value is -0.810. The van der Waals surface area contributed by atoms with Crippen LogP contribution >= 0.6 is 12.4 Å². The van der Waals surface area contributed by atoms with Crippen LogP contribution in [0.15, 0.2) is 0 Å². The van der Waals surface area contributed by atoms with Crippen LogP contribution in [0, 0.1) is 5.41 Å². The minimum atomic E-state index is -0.618. The van der Waals surface area contributed by atoms with E-state index in [9.17, 15) is 9.59 Å². The van der Waals surface area contributed by atoms with Gasteiger partial charge in [-0.3, -0.25) is 9.59 Å². The highest BCUT2D eigenvalue weighted by Gasteiger charge is 2.30. The first-order chi connectivity index (χ1) is 7.47. The normalized spacial score (nSPS) is 20.9. The molecular formula is C11H22ClN3O2. The summed E-state index contributed by atoms with van der Waals surface area (Å²) in [6, 6.07) is -0.402. The van der Waals surface area contributed by atoms with Gasteiger partial charge in [0.1, 0.15) is 6.04 Å². The molecule has 0 aromatic heterocycles. The second kappa shape index (κ2) is 6.81. The number of carbonyl (C=O) groups excluding carboxylic acids is 2. The molecule has 0 aromatic rings. The van der Waals surface area contributed by atoms with E-state index in [2.05, 4.69) is 10.6 Å².